The molecule has 0 saturated carbocycles. The molecule has 2 aromatic heterocycles. The molecule has 4 N–H and O–H groups in total. The third kappa shape index (κ3) is 5.25. The summed E-state index contributed by atoms with van der Waals surface area (Å²) in [6.07, 6.45) is 0.931. The molecule has 0 amide bonds. The predicted octanol–water partition coefficient (Wildman–Crippen LogP) is 4.43. The first-order valence-corrected chi connectivity index (χ1v) is 11.5. The van der Waals surface area contributed by atoms with Crippen LogP contribution in [0.5, 0.6) is 0 Å². The van der Waals surface area contributed by atoms with Gasteiger partial charge < -0.3 is 25.5 Å². The lowest BCUT2D eigenvalue weighted by molar-refractivity contribution is -0.231. The van der Waals surface area contributed by atoms with Gasteiger partial charge in [0.25, 0.3) is 0 Å². The summed E-state index contributed by atoms with van der Waals surface area (Å²) >= 11 is 0. The Labute approximate surface area is 206 Å². The van der Waals surface area contributed by atoms with Crippen molar-refractivity contribution >= 4 is 5.95 Å². The van der Waals surface area contributed by atoms with Gasteiger partial charge in [0.2, 0.25) is 12.2 Å². The number of aromatic nitrogens is 4. The van der Waals surface area contributed by atoms with Crippen molar-refractivity contribution in [3.8, 4) is 22.6 Å². The minimum absolute atomic E-state index is 0.260. The summed E-state index contributed by atoms with van der Waals surface area (Å²) < 4.78 is 38.6. The Kier molecular flexibility index (Phi) is 6.73. The molecule has 0 atom stereocenters. The number of nitrogens with two attached hydrogens (primary N) is 1. The van der Waals surface area contributed by atoms with Crippen LogP contribution in [0, 0.1) is 17.0 Å². The Bertz CT molecular complexity index is 1320. The first-order valence-electron chi connectivity index (χ1n) is 11.5. The van der Waals surface area contributed by atoms with Crippen molar-refractivity contribution in [2.45, 2.75) is 19.8 Å². The number of aromatic amines is 1. The lowest BCUT2D eigenvalue weighted by Crippen LogP contribution is -2.42. The van der Waals surface area contributed by atoms with Gasteiger partial charge in [-0.15, -0.1) is 0 Å². The number of halogens is 2. The SMILES string of the molecule is CC1(CN)COC(c2nc(-c3ccc(F)cc3)c(-c3ccnc(NCc4ccc(F)cc4)n3)[nH]2)OC1. The molecule has 10 heteroatoms. The summed E-state index contributed by atoms with van der Waals surface area (Å²) in [4.78, 5) is 17.0. The highest BCUT2D eigenvalue weighted by Crippen LogP contribution is 2.35. The number of nitrogens with zero attached hydrogens (tertiary/aromatic N) is 3. The van der Waals surface area contributed by atoms with E-state index in [9.17, 15) is 8.78 Å². The Hall–Kier alpha value is -3.73. The lowest BCUT2D eigenvalue weighted by atomic mass is 9.93. The molecular formula is C26H26F2N6O2. The standard InChI is InChI=1S/C26H26F2N6O2/c1-26(13-29)14-35-24(36-15-26)23-33-21(17-4-8-19(28)9-5-17)22(34-23)20-10-11-30-25(32-20)31-12-16-2-6-18(27)7-3-16/h2-11,24H,12-15,29H2,1H3,(H,33,34)(H,30,31,32). The molecule has 5 rings (SSSR count). The summed E-state index contributed by atoms with van der Waals surface area (Å²) in [5.41, 5.74) is 8.94. The average Bonchev–Trinajstić information content (AvgIpc) is 3.35. The fraction of sp³-hybridized carbons (Fsp3) is 0.269. The van der Waals surface area contributed by atoms with Crippen molar-refractivity contribution in [2.75, 3.05) is 25.1 Å². The van der Waals surface area contributed by atoms with Gasteiger partial charge in [-0.1, -0.05) is 19.1 Å². The van der Waals surface area contributed by atoms with Crippen molar-refractivity contribution in [2.24, 2.45) is 11.1 Å². The van der Waals surface area contributed by atoms with Crippen LogP contribution in [0.15, 0.2) is 60.8 Å². The van der Waals surface area contributed by atoms with E-state index < -0.39 is 6.29 Å². The van der Waals surface area contributed by atoms with Gasteiger partial charge >= 0.3 is 0 Å². The third-order valence-corrected chi connectivity index (χ3v) is 6.00. The van der Waals surface area contributed by atoms with Crippen LogP contribution in [0.3, 0.4) is 0 Å². The highest BCUT2D eigenvalue weighted by molar-refractivity contribution is 5.77. The number of nitrogens with one attached hydrogen (secondary N) is 2. The van der Waals surface area contributed by atoms with Crippen molar-refractivity contribution < 1.29 is 18.3 Å². The minimum atomic E-state index is -0.699. The van der Waals surface area contributed by atoms with Gasteiger partial charge in [-0.2, -0.15) is 0 Å². The maximum atomic E-state index is 13.6. The zero-order chi connectivity index (χ0) is 25.1. The van der Waals surface area contributed by atoms with Crippen LogP contribution < -0.4 is 11.1 Å². The summed E-state index contributed by atoms with van der Waals surface area (Å²) in [6, 6.07) is 14.0. The number of H-pyrrole nitrogens is 1. The van der Waals surface area contributed by atoms with Crippen LogP contribution >= 0.6 is 0 Å². The van der Waals surface area contributed by atoms with Crippen molar-refractivity contribution in [1.29, 1.82) is 0 Å². The maximum absolute atomic E-state index is 13.6. The molecule has 0 unspecified atom stereocenters. The Morgan fingerprint density at radius 3 is 2.33 bits per heavy atom. The van der Waals surface area contributed by atoms with E-state index in [2.05, 4.69) is 20.3 Å². The second-order valence-electron chi connectivity index (χ2n) is 9.07. The maximum Gasteiger partial charge on any atom is 0.223 e. The number of imidazole rings is 1. The second-order valence-corrected chi connectivity index (χ2v) is 9.07. The molecule has 0 radical (unpaired) electrons. The van der Waals surface area contributed by atoms with E-state index in [0.717, 1.165) is 5.56 Å². The number of hydrogen-bond donors (Lipinski definition) is 3. The molecule has 2 aromatic carbocycles. The van der Waals surface area contributed by atoms with E-state index in [-0.39, 0.29) is 17.0 Å². The molecule has 4 aromatic rings. The average molecular weight is 493 g/mol. The quantitative estimate of drug-likeness (QED) is 0.350. The first kappa shape index (κ1) is 24.0. The molecule has 1 aliphatic heterocycles. The summed E-state index contributed by atoms with van der Waals surface area (Å²) in [5, 5.41) is 3.15. The molecule has 1 aliphatic rings. The van der Waals surface area contributed by atoms with E-state index in [1.807, 2.05) is 6.92 Å². The lowest BCUT2D eigenvalue weighted by Gasteiger charge is -2.35. The first-order chi connectivity index (χ1) is 17.4. The molecule has 36 heavy (non-hydrogen) atoms. The second kappa shape index (κ2) is 10.1. The molecular weight excluding hydrogens is 466 g/mol. The Morgan fingerprint density at radius 2 is 1.67 bits per heavy atom. The van der Waals surface area contributed by atoms with Crippen molar-refractivity contribution in [3.05, 3.63) is 83.8 Å². The molecule has 3 heterocycles. The monoisotopic (exact) mass is 492 g/mol. The highest BCUT2D eigenvalue weighted by Gasteiger charge is 2.34. The molecule has 8 nitrogen and oxygen atoms in total. The van der Waals surface area contributed by atoms with E-state index in [1.54, 1.807) is 36.5 Å². The summed E-state index contributed by atoms with van der Waals surface area (Å²) in [5.74, 6) is 0.231. The van der Waals surface area contributed by atoms with Gasteiger partial charge in [0.1, 0.15) is 11.6 Å². The van der Waals surface area contributed by atoms with Crippen LogP contribution in [0.2, 0.25) is 0 Å². The number of ether oxygens (including phenoxy) is 2. The van der Waals surface area contributed by atoms with Crippen LogP contribution in [-0.2, 0) is 16.0 Å². The number of hydrogen-bond acceptors (Lipinski definition) is 7. The summed E-state index contributed by atoms with van der Waals surface area (Å²) in [6.45, 7) is 3.73. The van der Waals surface area contributed by atoms with Gasteiger partial charge in [0, 0.05) is 30.3 Å². The fourth-order valence-electron chi connectivity index (χ4n) is 3.79. The number of rotatable bonds is 7. The molecule has 0 bridgehead atoms. The molecule has 1 saturated heterocycles. The van der Waals surface area contributed by atoms with E-state index in [4.69, 9.17) is 20.2 Å². The number of benzene rings is 2. The largest absolute Gasteiger partial charge is 0.350 e. The molecule has 186 valence electrons. The molecule has 0 aliphatic carbocycles. The van der Waals surface area contributed by atoms with Crippen molar-refractivity contribution in [1.82, 2.24) is 19.9 Å². The number of anilines is 1. The van der Waals surface area contributed by atoms with E-state index in [0.29, 0.717) is 60.7 Å². The summed E-state index contributed by atoms with van der Waals surface area (Å²) in [7, 11) is 0. The zero-order valence-electron chi connectivity index (χ0n) is 19.7. The van der Waals surface area contributed by atoms with E-state index in [1.165, 1.54) is 24.3 Å². The smallest absolute Gasteiger partial charge is 0.223 e. The van der Waals surface area contributed by atoms with Gasteiger partial charge in [-0.05, 0) is 48.0 Å². The predicted molar refractivity (Wildman–Crippen MR) is 131 cm³/mol. The van der Waals surface area contributed by atoms with Crippen LogP contribution in [-0.4, -0.2) is 39.7 Å². The van der Waals surface area contributed by atoms with Gasteiger partial charge in [0.15, 0.2) is 5.82 Å². The van der Waals surface area contributed by atoms with Crippen LogP contribution in [0.25, 0.3) is 22.6 Å². The van der Waals surface area contributed by atoms with Gasteiger partial charge in [0.05, 0.1) is 30.3 Å². The molecule has 1 fully saturated rings. The van der Waals surface area contributed by atoms with Crippen LogP contribution in [0.1, 0.15) is 24.6 Å². The fourth-order valence-corrected chi connectivity index (χ4v) is 3.79. The van der Waals surface area contributed by atoms with E-state index >= 15 is 0 Å². The van der Waals surface area contributed by atoms with Crippen LogP contribution in [0.4, 0.5) is 14.7 Å². The third-order valence-electron chi connectivity index (χ3n) is 6.00. The minimum Gasteiger partial charge on any atom is -0.350 e. The Morgan fingerprint density at radius 1 is 1.00 bits per heavy atom. The van der Waals surface area contributed by atoms with Crippen molar-refractivity contribution in [3.63, 3.8) is 0 Å². The Balaban J connectivity index is 1.44. The topological polar surface area (TPSA) is 111 Å². The van der Waals surface area contributed by atoms with Gasteiger partial charge in [-0.3, -0.25) is 0 Å². The normalized spacial score (nSPS) is 19.8. The van der Waals surface area contributed by atoms with Gasteiger partial charge in [-0.25, -0.2) is 23.7 Å². The molecule has 0 spiro atoms. The highest BCUT2D eigenvalue weighted by atomic mass is 19.1. The zero-order valence-corrected chi connectivity index (χ0v) is 19.7.